The summed E-state index contributed by atoms with van der Waals surface area (Å²) in [6.45, 7) is 4.73. The van der Waals surface area contributed by atoms with Crippen molar-refractivity contribution in [3.63, 3.8) is 0 Å². The fourth-order valence-electron chi connectivity index (χ4n) is 2.57. The van der Waals surface area contributed by atoms with Crippen molar-refractivity contribution < 1.29 is 0 Å². The third-order valence-corrected chi connectivity index (χ3v) is 3.87. The Morgan fingerprint density at radius 2 is 1.81 bits per heavy atom. The predicted octanol–water partition coefficient (Wildman–Crippen LogP) is 2.03. The molecule has 3 rings (SSSR count). The van der Waals surface area contributed by atoms with Crippen molar-refractivity contribution in [2.24, 2.45) is 0 Å². The number of aromatic nitrogens is 2. The van der Waals surface area contributed by atoms with Crippen LogP contribution in [0.5, 0.6) is 0 Å². The van der Waals surface area contributed by atoms with Gasteiger partial charge in [-0.15, -0.1) is 0 Å². The van der Waals surface area contributed by atoms with Crippen molar-refractivity contribution in [2.75, 3.05) is 36.8 Å². The summed E-state index contributed by atoms with van der Waals surface area (Å²) >= 11 is 5.86. The number of hydrogen-bond acceptors (Lipinski definition) is 5. The summed E-state index contributed by atoms with van der Waals surface area (Å²) in [7, 11) is 0. The predicted molar refractivity (Wildman–Crippen MR) is 85.4 cm³/mol. The molecule has 1 aliphatic heterocycles. The van der Waals surface area contributed by atoms with E-state index in [0.29, 0.717) is 5.69 Å². The fourth-order valence-corrected chi connectivity index (χ4v) is 2.70. The molecule has 2 N–H and O–H groups in total. The Hall–Kier alpha value is -1.85. The SMILES string of the molecule is Nc1cnc(Cl)nc1N1CCN(Cc2ccccc2)CC1. The maximum atomic E-state index is 5.94. The van der Waals surface area contributed by atoms with Crippen molar-refractivity contribution in [1.29, 1.82) is 0 Å². The first-order valence-electron chi connectivity index (χ1n) is 7.01. The van der Waals surface area contributed by atoms with E-state index in [1.807, 2.05) is 6.07 Å². The number of nitrogens with zero attached hydrogens (tertiary/aromatic N) is 4. The van der Waals surface area contributed by atoms with E-state index in [1.165, 1.54) is 5.56 Å². The third kappa shape index (κ3) is 3.43. The molecule has 0 unspecified atom stereocenters. The first-order valence-corrected chi connectivity index (χ1v) is 7.39. The third-order valence-electron chi connectivity index (χ3n) is 3.69. The number of halogens is 1. The van der Waals surface area contributed by atoms with Crippen molar-refractivity contribution >= 4 is 23.1 Å². The Labute approximate surface area is 129 Å². The second-order valence-corrected chi connectivity index (χ2v) is 5.50. The molecule has 0 atom stereocenters. The van der Waals surface area contributed by atoms with E-state index >= 15 is 0 Å². The molecule has 1 aliphatic rings. The van der Waals surface area contributed by atoms with Gasteiger partial charge in [0.05, 0.1) is 11.9 Å². The van der Waals surface area contributed by atoms with Crippen LogP contribution in [0.3, 0.4) is 0 Å². The Kier molecular flexibility index (Phi) is 4.22. The highest BCUT2D eigenvalue weighted by Gasteiger charge is 2.20. The van der Waals surface area contributed by atoms with Crippen LogP contribution in [0.4, 0.5) is 11.5 Å². The van der Waals surface area contributed by atoms with E-state index < -0.39 is 0 Å². The highest BCUT2D eigenvalue weighted by atomic mass is 35.5. The summed E-state index contributed by atoms with van der Waals surface area (Å²) in [5.74, 6) is 0.745. The molecule has 110 valence electrons. The van der Waals surface area contributed by atoms with Crippen LogP contribution in [0.25, 0.3) is 0 Å². The number of nitrogen functional groups attached to an aromatic ring is 1. The minimum absolute atomic E-state index is 0.242. The van der Waals surface area contributed by atoms with Gasteiger partial charge < -0.3 is 10.6 Å². The molecular weight excluding hydrogens is 286 g/mol. The molecule has 1 fully saturated rings. The molecule has 1 aromatic heterocycles. The molecule has 0 radical (unpaired) electrons. The molecule has 6 heteroatoms. The quantitative estimate of drug-likeness (QED) is 0.879. The lowest BCUT2D eigenvalue weighted by Crippen LogP contribution is -2.46. The molecule has 0 amide bonds. The van der Waals surface area contributed by atoms with Gasteiger partial charge in [0.2, 0.25) is 5.28 Å². The Bertz CT molecular complexity index is 596. The van der Waals surface area contributed by atoms with E-state index in [2.05, 4.69) is 44.0 Å². The smallest absolute Gasteiger partial charge is 0.224 e. The van der Waals surface area contributed by atoms with Crippen LogP contribution in [0.15, 0.2) is 36.5 Å². The van der Waals surface area contributed by atoms with Gasteiger partial charge in [-0.05, 0) is 17.2 Å². The van der Waals surface area contributed by atoms with Crippen molar-refractivity contribution in [3.05, 3.63) is 47.4 Å². The van der Waals surface area contributed by atoms with Crippen LogP contribution in [-0.4, -0.2) is 41.0 Å². The molecule has 1 saturated heterocycles. The van der Waals surface area contributed by atoms with Crippen LogP contribution in [0.1, 0.15) is 5.56 Å². The molecule has 2 heterocycles. The molecular formula is C15H18ClN5. The zero-order valence-electron chi connectivity index (χ0n) is 11.7. The average Bonchev–Trinajstić information content (AvgIpc) is 2.52. The standard InChI is InChI=1S/C15H18ClN5/c16-15-18-10-13(17)14(19-15)21-8-6-20(7-9-21)11-12-4-2-1-3-5-12/h1-5,10H,6-9,11,17H2. The number of anilines is 2. The highest BCUT2D eigenvalue weighted by Crippen LogP contribution is 2.22. The largest absolute Gasteiger partial charge is 0.394 e. The molecule has 0 saturated carbocycles. The Morgan fingerprint density at radius 3 is 2.52 bits per heavy atom. The van der Waals surface area contributed by atoms with Gasteiger partial charge in [0.25, 0.3) is 0 Å². The maximum Gasteiger partial charge on any atom is 0.224 e. The number of benzene rings is 1. The summed E-state index contributed by atoms with van der Waals surface area (Å²) in [6.07, 6.45) is 1.57. The summed E-state index contributed by atoms with van der Waals surface area (Å²) < 4.78 is 0. The van der Waals surface area contributed by atoms with Crippen LogP contribution in [0.2, 0.25) is 5.28 Å². The van der Waals surface area contributed by atoms with Gasteiger partial charge in [-0.3, -0.25) is 4.90 Å². The van der Waals surface area contributed by atoms with Gasteiger partial charge in [-0.25, -0.2) is 4.98 Å². The maximum absolute atomic E-state index is 5.94. The number of hydrogen-bond donors (Lipinski definition) is 1. The lowest BCUT2D eigenvalue weighted by atomic mass is 10.2. The monoisotopic (exact) mass is 303 g/mol. The van der Waals surface area contributed by atoms with Crippen molar-refractivity contribution in [1.82, 2.24) is 14.9 Å². The van der Waals surface area contributed by atoms with E-state index in [4.69, 9.17) is 17.3 Å². The average molecular weight is 304 g/mol. The normalized spacial score (nSPS) is 16.1. The lowest BCUT2D eigenvalue weighted by molar-refractivity contribution is 0.249. The molecule has 0 spiro atoms. The molecule has 2 aromatic rings. The molecule has 0 bridgehead atoms. The summed E-state index contributed by atoms with van der Waals surface area (Å²) in [6, 6.07) is 10.5. The van der Waals surface area contributed by atoms with Crippen LogP contribution >= 0.6 is 11.6 Å². The Morgan fingerprint density at radius 1 is 1.10 bits per heavy atom. The second kappa shape index (κ2) is 6.28. The first kappa shape index (κ1) is 14.1. The van der Waals surface area contributed by atoms with Crippen LogP contribution in [0, 0.1) is 0 Å². The zero-order valence-corrected chi connectivity index (χ0v) is 12.5. The van der Waals surface area contributed by atoms with E-state index in [-0.39, 0.29) is 5.28 Å². The van der Waals surface area contributed by atoms with E-state index in [1.54, 1.807) is 6.20 Å². The van der Waals surface area contributed by atoms with Gasteiger partial charge >= 0.3 is 0 Å². The van der Waals surface area contributed by atoms with Gasteiger partial charge in [0.15, 0.2) is 5.82 Å². The lowest BCUT2D eigenvalue weighted by Gasteiger charge is -2.35. The molecule has 0 aliphatic carbocycles. The van der Waals surface area contributed by atoms with E-state index in [9.17, 15) is 0 Å². The number of piperazine rings is 1. The van der Waals surface area contributed by atoms with Gasteiger partial charge in [-0.1, -0.05) is 30.3 Å². The molecule has 1 aromatic carbocycles. The van der Waals surface area contributed by atoms with E-state index in [0.717, 1.165) is 38.5 Å². The van der Waals surface area contributed by atoms with Gasteiger partial charge in [-0.2, -0.15) is 4.98 Å². The highest BCUT2D eigenvalue weighted by molar-refractivity contribution is 6.28. The topological polar surface area (TPSA) is 58.3 Å². The fraction of sp³-hybridized carbons (Fsp3) is 0.333. The number of rotatable bonds is 3. The molecule has 5 nitrogen and oxygen atoms in total. The summed E-state index contributed by atoms with van der Waals surface area (Å²) in [5.41, 5.74) is 7.86. The Balaban J connectivity index is 1.61. The van der Waals surface area contributed by atoms with Gasteiger partial charge in [0, 0.05) is 32.7 Å². The summed E-state index contributed by atoms with van der Waals surface area (Å²) in [5, 5.41) is 0.242. The minimum Gasteiger partial charge on any atom is -0.394 e. The minimum atomic E-state index is 0.242. The van der Waals surface area contributed by atoms with Crippen molar-refractivity contribution in [2.45, 2.75) is 6.54 Å². The number of nitrogens with two attached hydrogens (primary N) is 1. The van der Waals surface area contributed by atoms with Crippen LogP contribution < -0.4 is 10.6 Å². The van der Waals surface area contributed by atoms with Crippen LogP contribution in [-0.2, 0) is 6.54 Å². The first-order chi connectivity index (χ1) is 10.2. The van der Waals surface area contributed by atoms with Crippen molar-refractivity contribution in [3.8, 4) is 0 Å². The summed E-state index contributed by atoms with van der Waals surface area (Å²) in [4.78, 5) is 12.7. The second-order valence-electron chi connectivity index (χ2n) is 5.17. The van der Waals surface area contributed by atoms with Gasteiger partial charge in [0.1, 0.15) is 0 Å². The molecule has 21 heavy (non-hydrogen) atoms. The zero-order chi connectivity index (χ0) is 14.7.